The smallest absolute Gasteiger partial charge is 0.410 e. The Kier molecular flexibility index (Phi) is 7.25. The van der Waals surface area contributed by atoms with Crippen LogP contribution >= 0.6 is 0 Å². The van der Waals surface area contributed by atoms with E-state index in [1.54, 1.807) is 0 Å². The minimum absolute atomic E-state index is 0.176. The minimum Gasteiger partial charge on any atom is -0.410 e. The van der Waals surface area contributed by atoms with Crippen molar-refractivity contribution in [1.29, 1.82) is 0 Å². The highest BCUT2D eigenvalue weighted by Crippen LogP contribution is 2.67. The zero-order valence-electron chi connectivity index (χ0n) is 42.4. The lowest BCUT2D eigenvalue weighted by atomic mass is 9.79. The maximum atomic E-state index is 9.19. The van der Waals surface area contributed by atoms with E-state index in [9.17, 15) is 4.11 Å². The number of benzene rings is 7. The van der Waals surface area contributed by atoms with Crippen molar-refractivity contribution >= 4 is 17.1 Å². The normalized spacial score (nSPS) is 19.0. The quantitative estimate of drug-likeness (QED) is 0.156. The summed E-state index contributed by atoms with van der Waals surface area (Å²) in [6.07, 6.45) is 1.67. The number of para-hydroxylation sites is 2. The molecule has 0 saturated carbocycles. The van der Waals surface area contributed by atoms with Crippen LogP contribution in [-0.4, -0.2) is 0 Å². The highest BCUT2D eigenvalue weighted by Gasteiger charge is 2.70. The molecule has 1 spiro atoms. The van der Waals surface area contributed by atoms with Gasteiger partial charge in [-0.05, 0) is 116 Å². The molecule has 0 aliphatic carbocycles. The van der Waals surface area contributed by atoms with E-state index in [2.05, 4.69) is 138 Å². The number of aromatic nitrogens is 1. The lowest BCUT2D eigenvalue weighted by Gasteiger charge is -2.47. The molecule has 4 aliphatic rings. The maximum absolute atomic E-state index is 9.19. The Hall–Kier alpha value is -6.91. The van der Waals surface area contributed by atoms with Gasteiger partial charge in [-0.3, -0.25) is 0 Å². The second-order valence-electron chi connectivity index (χ2n) is 19.4. The summed E-state index contributed by atoms with van der Waals surface area (Å²) in [4.78, 5) is 4.64. The van der Waals surface area contributed by atoms with E-state index in [0.717, 1.165) is 89.6 Å². The van der Waals surface area contributed by atoms with Gasteiger partial charge in [0.1, 0.15) is 17.5 Å². The van der Waals surface area contributed by atoms with Crippen LogP contribution in [-0.2, 0) is 11.3 Å². The molecule has 4 aliphatic heterocycles. The lowest BCUT2D eigenvalue weighted by Crippen LogP contribution is -2.71. The van der Waals surface area contributed by atoms with Crippen LogP contribution in [0.3, 0.4) is 0 Å². The molecule has 0 saturated heterocycles. The summed E-state index contributed by atoms with van der Waals surface area (Å²) in [5, 5.41) is 0. The first-order valence-electron chi connectivity index (χ1n) is 24.9. The van der Waals surface area contributed by atoms with Gasteiger partial charge in [-0.2, -0.15) is 0 Å². The Morgan fingerprint density at radius 3 is 1.98 bits per heavy atom. The summed E-state index contributed by atoms with van der Waals surface area (Å²) >= 11 is 0. The monoisotopic (exact) mass is 837 g/mol. The molecule has 0 amide bonds. The van der Waals surface area contributed by atoms with Gasteiger partial charge in [0.15, 0.2) is 6.20 Å². The zero-order valence-corrected chi connectivity index (χ0v) is 37.4. The predicted molar refractivity (Wildman–Crippen MR) is 263 cm³/mol. The summed E-state index contributed by atoms with van der Waals surface area (Å²) in [5.41, 5.74) is 17.6. The van der Waals surface area contributed by atoms with Crippen LogP contribution in [0.5, 0.6) is 5.75 Å². The van der Waals surface area contributed by atoms with Crippen LogP contribution in [0.15, 0.2) is 164 Å². The summed E-state index contributed by atoms with van der Waals surface area (Å²) in [6.45, 7) is 11.7. The second-order valence-corrected chi connectivity index (χ2v) is 19.4. The molecular weight excluding hydrogens is 779 g/mol. The van der Waals surface area contributed by atoms with Gasteiger partial charge in [0, 0.05) is 41.4 Å². The molecule has 0 radical (unpaired) electrons. The summed E-state index contributed by atoms with van der Waals surface area (Å²) in [6, 6.07) is 54.7. The molecule has 2 atom stereocenters. The van der Waals surface area contributed by atoms with Gasteiger partial charge in [-0.25, -0.2) is 4.90 Å². The molecule has 12 rings (SSSR count). The molecule has 8 aromatic rings. The van der Waals surface area contributed by atoms with Crippen LogP contribution in [0, 0.1) is 6.85 Å². The third kappa shape index (κ3) is 5.51. The number of ether oxygens (including phenoxy) is 1. The van der Waals surface area contributed by atoms with Gasteiger partial charge in [0.25, 0.3) is 0 Å². The van der Waals surface area contributed by atoms with E-state index in [1.165, 1.54) is 11.1 Å². The number of nitrogens with zero attached hydrogens (tertiary/aromatic N) is 3. The highest BCUT2D eigenvalue weighted by molar-refractivity contribution is 6.02. The van der Waals surface area contributed by atoms with E-state index < -0.39 is 30.7 Å². The van der Waals surface area contributed by atoms with Crippen LogP contribution in [0.2, 0.25) is 0 Å². The molecule has 4 heteroatoms. The Labute approximate surface area is 385 Å². The topological polar surface area (TPSA) is 19.6 Å². The molecule has 314 valence electrons. The molecule has 5 heterocycles. The Balaban J connectivity index is 1.09. The number of pyridine rings is 1. The van der Waals surface area contributed by atoms with Crippen molar-refractivity contribution in [3.63, 3.8) is 0 Å². The first-order valence-corrected chi connectivity index (χ1v) is 22.4. The number of hydrogen-bond donors (Lipinski definition) is 0. The van der Waals surface area contributed by atoms with Gasteiger partial charge < -0.3 is 9.64 Å². The fourth-order valence-corrected chi connectivity index (χ4v) is 10.6. The van der Waals surface area contributed by atoms with Gasteiger partial charge >= 0.3 is 5.85 Å². The zero-order chi connectivity index (χ0) is 48.2. The second kappa shape index (κ2) is 13.8. The summed E-state index contributed by atoms with van der Waals surface area (Å²) in [5.74, 6) is -2.31. The fourth-order valence-electron chi connectivity index (χ4n) is 10.6. The molecule has 0 N–H and O–H groups in total. The molecule has 0 bridgehead atoms. The molecular formula is C60H54N3O+. The summed E-state index contributed by atoms with van der Waals surface area (Å²) < 4.78 is 55.4. The Morgan fingerprint density at radius 2 is 1.27 bits per heavy atom. The van der Waals surface area contributed by atoms with E-state index in [4.69, 9.17) is 7.48 Å². The maximum Gasteiger partial charge on any atom is 0.432 e. The van der Waals surface area contributed by atoms with E-state index in [-0.39, 0.29) is 11.0 Å². The van der Waals surface area contributed by atoms with Crippen LogP contribution in [0.25, 0.3) is 55.8 Å². The molecule has 1 aromatic heterocycles. The number of hydrogen-bond acceptors (Lipinski definition) is 3. The molecule has 2 unspecified atom stereocenters. The third-order valence-electron chi connectivity index (χ3n) is 14.0. The number of aryl methyl sites for hydroxylation is 1. The highest BCUT2D eigenvalue weighted by atomic mass is 16.5. The van der Waals surface area contributed by atoms with Crippen molar-refractivity contribution in [3.8, 4) is 61.5 Å². The minimum atomic E-state index is -2.51. The molecule has 64 heavy (non-hydrogen) atoms. The first-order chi connectivity index (χ1) is 32.7. The lowest BCUT2D eigenvalue weighted by molar-refractivity contribution is -0.774. The van der Waals surface area contributed by atoms with Crippen LogP contribution < -0.4 is 19.1 Å². The van der Waals surface area contributed by atoms with Gasteiger partial charge in [-0.1, -0.05) is 158 Å². The van der Waals surface area contributed by atoms with Crippen molar-refractivity contribution in [2.45, 2.75) is 84.5 Å². The van der Waals surface area contributed by atoms with Crippen molar-refractivity contribution in [1.82, 2.24) is 0 Å². The van der Waals surface area contributed by atoms with E-state index >= 15 is 0 Å². The average molecular weight is 838 g/mol. The Bertz CT molecular complexity index is 3400. The largest absolute Gasteiger partial charge is 0.432 e. The fraction of sp³-hybridized carbons (Fsp3) is 0.217. The van der Waals surface area contributed by atoms with Crippen LogP contribution in [0.4, 0.5) is 17.1 Å². The van der Waals surface area contributed by atoms with Crippen molar-refractivity contribution in [2.75, 3.05) is 9.80 Å². The van der Waals surface area contributed by atoms with Crippen molar-refractivity contribution < 1.29 is 16.2 Å². The van der Waals surface area contributed by atoms with E-state index in [0.29, 0.717) is 5.69 Å². The average Bonchev–Trinajstić information content (AvgIpc) is 3.81. The number of fused-ring (bicyclic) bond motifs is 5. The standard InChI is InChI=1S/C60H54N3O/c1-36(2)44-30-45(37(3)4)32-46(31-44)42-25-26-52(38(5)29-42)62-53-19-14-18-48-50-34-47(59(6,7)8)35-51-54-33-43(41-23-21-40(22-24-41)39-15-10-9-11-16-39)27-28-61(54)60(56(50)51)63(57(48)53)58(62)49-17-12-13-20-55(49)64-60/h9-37,58H,1-8H3/q+1/i5D3,36D,37D. The van der Waals surface area contributed by atoms with Crippen molar-refractivity contribution in [2.24, 2.45) is 0 Å². The summed E-state index contributed by atoms with van der Waals surface area (Å²) in [7, 11) is 0. The predicted octanol–water partition coefficient (Wildman–Crippen LogP) is 15.2. The first kappa shape index (κ1) is 33.6. The SMILES string of the molecule is [2H]C([2H])([2H])c1cc(-c2cc(C([2H])(C)C)cc(C([2H])(C)C)c2)ccc1N1c2cccc3c2N2C1c1ccccc1OC21c2c-3cc(C(C)(C)C)cc2-c2cc(-c3ccc(-c4ccccc4)cc3)cc[n+]21. The number of rotatable bonds is 6. The number of anilines is 3. The van der Waals surface area contributed by atoms with Gasteiger partial charge in [0.05, 0.1) is 16.9 Å². The van der Waals surface area contributed by atoms with Gasteiger partial charge in [-0.15, -0.1) is 4.57 Å². The molecule has 7 aromatic carbocycles. The molecule has 0 fully saturated rings. The van der Waals surface area contributed by atoms with Crippen molar-refractivity contribution in [3.05, 3.63) is 197 Å². The Morgan fingerprint density at radius 1 is 0.609 bits per heavy atom. The van der Waals surface area contributed by atoms with Crippen LogP contribution in [0.1, 0.15) is 107 Å². The third-order valence-corrected chi connectivity index (χ3v) is 14.0. The molecule has 4 nitrogen and oxygen atoms in total. The van der Waals surface area contributed by atoms with E-state index in [1.807, 2.05) is 88.4 Å². The van der Waals surface area contributed by atoms with Gasteiger partial charge in [0.2, 0.25) is 5.69 Å².